The van der Waals surface area contributed by atoms with Gasteiger partial charge in [0.2, 0.25) is 0 Å². The Bertz CT molecular complexity index is 1160. The summed E-state index contributed by atoms with van der Waals surface area (Å²) in [4.78, 5) is 25.5. The van der Waals surface area contributed by atoms with Crippen molar-refractivity contribution < 1.29 is 14.1 Å². The molecule has 0 unspecified atom stereocenters. The molecule has 1 atom stereocenters. The quantitative estimate of drug-likeness (QED) is 0.610. The number of benzene rings is 2. The van der Waals surface area contributed by atoms with Gasteiger partial charge in [0, 0.05) is 23.8 Å². The van der Waals surface area contributed by atoms with E-state index in [0.717, 1.165) is 0 Å². The molecule has 4 rings (SSSR count). The highest BCUT2D eigenvalue weighted by atomic mass is 19.1. The van der Waals surface area contributed by atoms with E-state index in [2.05, 4.69) is 6.07 Å². The second kappa shape index (κ2) is 7.44. The molecule has 0 radical (unpaired) electrons. The molecule has 0 saturated carbocycles. The fraction of sp³-hybridized carbons (Fsp3) is 0.182. The molecule has 0 fully saturated rings. The second-order valence-electron chi connectivity index (χ2n) is 7.11. The van der Waals surface area contributed by atoms with Gasteiger partial charge in [-0.2, -0.15) is 5.26 Å². The first-order valence-electron chi connectivity index (χ1n) is 9.39. The number of nitriles is 1. The lowest BCUT2D eigenvalue weighted by Crippen LogP contribution is -2.39. The number of carbonyl (C=O) groups excluding carboxylic acids is 1. The summed E-state index contributed by atoms with van der Waals surface area (Å²) in [7, 11) is 0. The number of carbonyl (C=O) groups is 1. The van der Waals surface area contributed by atoms with Crippen LogP contribution in [0.15, 0.2) is 71.2 Å². The van der Waals surface area contributed by atoms with Crippen LogP contribution in [0.1, 0.15) is 30.7 Å². The van der Waals surface area contributed by atoms with Crippen molar-refractivity contribution in [3.8, 4) is 6.07 Å². The number of nitrogens with two attached hydrogens (primary N) is 1. The number of nitro groups is 1. The first kappa shape index (κ1) is 19.3. The van der Waals surface area contributed by atoms with Crippen molar-refractivity contribution in [1.82, 2.24) is 0 Å². The number of para-hydroxylation sites is 2. The number of allylic oxidation sites excluding steroid dienone is 3. The number of Topliss-reactive ketones (excluding diaryl/α,β-unsaturated/α-hetero) is 1. The molecule has 0 spiro atoms. The van der Waals surface area contributed by atoms with Crippen LogP contribution >= 0.6 is 0 Å². The summed E-state index contributed by atoms with van der Waals surface area (Å²) in [6.45, 7) is 0. The average Bonchev–Trinajstić information content (AvgIpc) is 2.74. The van der Waals surface area contributed by atoms with Gasteiger partial charge in [0.15, 0.2) is 5.78 Å². The molecule has 2 N–H and O–H groups in total. The van der Waals surface area contributed by atoms with E-state index in [-0.39, 0.29) is 28.6 Å². The van der Waals surface area contributed by atoms with Crippen LogP contribution in [-0.2, 0) is 4.79 Å². The number of nitrogens with zero attached hydrogens (tertiary/aromatic N) is 3. The highest BCUT2D eigenvalue weighted by molar-refractivity contribution is 6.01. The minimum Gasteiger partial charge on any atom is -0.384 e. The van der Waals surface area contributed by atoms with Crippen molar-refractivity contribution >= 4 is 17.2 Å². The van der Waals surface area contributed by atoms with Crippen LogP contribution in [0.3, 0.4) is 0 Å². The fourth-order valence-electron chi connectivity index (χ4n) is 4.16. The lowest BCUT2D eigenvalue weighted by atomic mass is 9.75. The van der Waals surface area contributed by atoms with E-state index in [4.69, 9.17) is 5.73 Å². The van der Waals surface area contributed by atoms with Gasteiger partial charge in [-0.1, -0.05) is 24.3 Å². The minimum atomic E-state index is -0.739. The van der Waals surface area contributed by atoms with Crippen LogP contribution in [0.25, 0.3) is 0 Å². The average molecular weight is 404 g/mol. The van der Waals surface area contributed by atoms with Gasteiger partial charge in [-0.25, -0.2) is 4.39 Å². The van der Waals surface area contributed by atoms with Gasteiger partial charge in [-0.3, -0.25) is 19.8 Å². The monoisotopic (exact) mass is 404 g/mol. The summed E-state index contributed by atoms with van der Waals surface area (Å²) in [5.74, 6) is -1.28. The zero-order valence-corrected chi connectivity index (χ0v) is 15.8. The van der Waals surface area contributed by atoms with Gasteiger partial charge in [0.1, 0.15) is 17.3 Å². The second-order valence-corrected chi connectivity index (χ2v) is 7.11. The SMILES string of the molecule is N#CC1=C(N)N(c2ccccc2[N+](=O)[O-])C2=C(C(=O)CCC2)[C@@H]1c1ccc(F)cc1. The third-order valence-corrected chi connectivity index (χ3v) is 5.44. The van der Waals surface area contributed by atoms with Gasteiger partial charge in [0.05, 0.1) is 22.5 Å². The van der Waals surface area contributed by atoms with Crippen molar-refractivity contribution in [3.05, 3.63) is 92.7 Å². The maximum atomic E-state index is 13.5. The Labute approximate surface area is 171 Å². The van der Waals surface area contributed by atoms with E-state index in [1.165, 1.54) is 35.2 Å². The molecule has 2 aromatic rings. The maximum Gasteiger partial charge on any atom is 0.293 e. The summed E-state index contributed by atoms with van der Waals surface area (Å²) < 4.78 is 13.5. The summed E-state index contributed by atoms with van der Waals surface area (Å²) >= 11 is 0. The first-order valence-corrected chi connectivity index (χ1v) is 9.39. The zero-order valence-electron chi connectivity index (χ0n) is 15.8. The molecule has 30 heavy (non-hydrogen) atoms. The molecule has 7 nitrogen and oxygen atoms in total. The Hall–Kier alpha value is -3.99. The fourth-order valence-corrected chi connectivity index (χ4v) is 4.16. The van der Waals surface area contributed by atoms with Crippen LogP contribution in [0, 0.1) is 27.3 Å². The Morgan fingerprint density at radius 3 is 2.53 bits per heavy atom. The maximum absolute atomic E-state index is 13.5. The first-order chi connectivity index (χ1) is 14.4. The topological polar surface area (TPSA) is 113 Å². The van der Waals surface area contributed by atoms with Crippen molar-refractivity contribution in [2.75, 3.05) is 4.90 Å². The molecule has 0 aromatic heterocycles. The Morgan fingerprint density at radius 1 is 1.17 bits per heavy atom. The summed E-state index contributed by atoms with van der Waals surface area (Å²) in [5.41, 5.74) is 8.02. The van der Waals surface area contributed by atoms with Crippen molar-refractivity contribution in [1.29, 1.82) is 5.26 Å². The third kappa shape index (κ3) is 3.01. The molecule has 150 valence electrons. The molecule has 2 aliphatic rings. The highest BCUT2D eigenvalue weighted by Gasteiger charge is 2.41. The molecule has 2 aromatic carbocycles. The number of hydrogen-bond acceptors (Lipinski definition) is 6. The predicted octanol–water partition coefficient (Wildman–Crippen LogP) is 4.04. The van der Waals surface area contributed by atoms with E-state index >= 15 is 0 Å². The number of rotatable bonds is 3. The van der Waals surface area contributed by atoms with E-state index < -0.39 is 16.7 Å². The molecule has 1 heterocycles. The zero-order chi connectivity index (χ0) is 21.4. The Morgan fingerprint density at radius 2 is 1.87 bits per heavy atom. The number of halogens is 1. The molecule has 0 amide bonds. The standard InChI is InChI=1S/C22H17FN4O3/c23-14-10-8-13(9-11-14)20-15(12-24)22(25)26(18-6-3-7-19(28)21(18)20)16-4-1-2-5-17(16)27(29)30/h1-2,4-5,8-11,20H,3,6-7,25H2/t20-/m1/s1. The van der Waals surface area contributed by atoms with Crippen LogP contribution in [0.5, 0.6) is 0 Å². The van der Waals surface area contributed by atoms with E-state index in [1.807, 2.05) is 0 Å². The van der Waals surface area contributed by atoms with E-state index in [1.54, 1.807) is 18.2 Å². The highest BCUT2D eigenvalue weighted by Crippen LogP contribution is 2.47. The molecular weight excluding hydrogens is 387 g/mol. The minimum absolute atomic E-state index is 0.0366. The van der Waals surface area contributed by atoms with Crippen LogP contribution in [-0.4, -0.2) is 10.7 Å². The smallest absolute Gasteiger partial charge is 0.293 e. The molecule has 8 heteroatoms. The van der Waals surface area contributed by atoms with Crippen LogP contribution in [0.4, 0.5) is 15.8 Å². The molecule has 0 bridgehead atoms. The third-order valence-electron chi connectivity index (χ3n) is 5.44. The lowest BCUT2D eigenvalue weighted by Gasteiger charge is -2.39. The molecule has 1 aliphatic carbocycles. The number of anilines is 1. The largest absolute Gasteiger partial charge is 0.384 e. The van der Waals surface area contributed by atoms with Gasteiger partial charge >= 0.3 is 0 Å². The van der Waals surface area contributed by atoms with Gasteiger partial charge in [0.25, 0.3) is 5.69 Å². The number of ketones is 1. The van der Waals surface area contributed by atoms with Crippen LogP contribution in [0.2, 0.25) is 0 Å². The van der Waals surface area contributed by atoms with Crippen molar-refractivity contribution in [2.24, 2.45) is 5.73 Å². The summed E-state index contributed by atoms with van der Waals surface area (Å²) in [5, 5.41) is 21.5. The van der Waals surface area contributed by atoms with Gasteiger partial charge in [-0.05, 0) is 36.6 Å². The van der Waals surface area contributed by atoms with Gasteiger partial charge < -0.3 is 5.73 Å². The predicted molar refractivity (Wildman–Crippen MR) is 107 cm³/mol. The number of nitro benzene ring substituents is 1. The van der Waals surface area contributed by atoms with E-state index in [0.29, 0.717) is 36.1 Å². The summed E-state index contributed by atoms with van der Waals surface area (Å²) in [6.07, 6.45) is 1.35. The Balaban J connectivity index is 2.00. The van der Waals surface area contributed by atoms with Gasteiger partial charge in [-0.15, -0.1) is 0 Å². The molecule has 1 aliphatic heterocycles. The lowest BCUT2D eigenvalue weighted by molar-refractivity contribution is -0.384. The normalized spacial score (nSPS) is 18.9. The van der Waals surface area contributed by atoms with Crippen LogP contribution < -0.4 is 10.6 Å². The van der Waals surface area contributed by atoms with Crippen molar-refractivity contribution in [2.45, 2.75) is 25.2 Å². The Kier molecular flexibility index (Phi) is 4.80. The number of hydrogen-bond donors (Lipinski definition) is 1. The van der Waals surface area contributed by atoms with E-state index in [9.17, 15) is 24.6 Å². The van der Waals surface area contributed by atoms with Crippen molar-refractivity contribution in [3.63, 3.8) is 0 Å². The molecule has 0 saturated heterocycles. The summed E-state index contributed by atoms with van der Waals surface area (Å²) in [6, 6.07) is 13.7. The molecular formula is C22H17FN4O3.